The number of nitrogens with one attached hydrogen (secondary N) is 1. The monoisotopic (exact) mass is 271 g/mol. The Bertz CT molecular complexity index is 538. The van der Waals surface area contributed by atoms with Crippen LogP contribution in [0.15, 0.2) is 42.7 Å². The van der Waals surface area contributed by atoms with Gasteiger partial charge in [-0.25, -0.2) is 4.68 Å². The lowest BCUT2D eigenvalue weighted by Crippen LogP contribution is -2.41. The first-order chi connectivity index (χ1) is 9.83. The molecular formula is C16H21N3O. The van der Waals surface area contributed by atoms with E-state index in [4.69, 9.17) is 0 Å². The Morgan fingerprint density at radius 2 is 2.15 bits per heavy atom. The molecule has 3 rings (SSSR count). The normalized spacial score (nSPS) is 22.9. The zero-order valence-electron chi connectivity index (χ0n) is 11.6. The van der Waals surface area contributed by atoms with Crippen LogP contribution < -0.4 is 5.32 Å². The summed E-state index contributed by atoms with van der Waals surface area (Å²) >= 11 is 0. The molecule has 1 aromatic carbocycles. The first-order valence-electron chi connectivity index (χ1n) is 7.33. The fourth-order valence-corrected chi connectivity index (χ4v) is 2.83. The summed E-state index contributed by atoms with van der Waals surface area (Å²) in [6, 6.07) is 10.5. The van der Waals surface area contributed by atoms with Gasteiger partial charge in [0.05, 0.1) is 11.8 Å². The lowest BCUT2D eigenvalue weighted by atomic mass is 9.92. The Kier molecular flexibility index (Phi) is 4.14. The summed E-state index contributed by atoms with van der Waals surface area (Å²) in [5.41, 5.74) is 2.29. The SMILES string of the molecule is OC1CCCCC1NCc1cccc(-n2cccn2)c1. The molecule has 2 aromatic rings. The summed E-state index contributed by atoms with van der Waals surface area (Å²) in [4.78, 5) is 0. The van der Waals surface area contributed by atoms with Crippen LogP contribution in [0.25, 0.3) is 5.69 Å². The molecule has 1 saturated carbocycles. The molecule has 2 N–H and O–H groups in total. The topological polar surface area (TPSA) is 50.1 Å². The van der Waals surface area contributed by atoms with Crippen molar-refractivity contribution in [3.05, 3.63) is 48.3 Å². The minimum absolute atomic E-state index is 0.196. The summed E-state index contributed by atoms with van der Waals surface area (Å²) in [6.45, 7) is 0.789. The number of nitrogens with zero attached hydrogens (tertiary/aromatic N) is 2. The quantitative estimate of drug-likeness (QED) is 0.897. The molecular weight excluding hydrogens is 250 g/mol. The molecule has 1 aromatic heterocycles. The molecule has 106 valence electrons. The van der Waals surface area contributed by atoms with Crippen molar-refractivity contribution in [3.63, 3.8) is 0 Å². The molecule has 0 saturated heterocycles. The van der Waals surface area contributed by atoms with E-state index in [0.717, 1.165) is 31.5 Å². The third kappa shape index (κ3) is 3.08. The molecule has 1 heterocycles. The highest BCUT2D eigenvalue weighted by Gasteiger charge is 2.22. The van der Waals surface area contributed by atoms with E-state index < -0.39 is 0 Å². The van der Waals surface area contributed by atoms with Gasteiger partial charge in [0.2, 0.25) is 0 Å². The fraction of sp³-hybridized carbons (Fsp3) is 0.438. The zero-order chi connectivity index (χ0) is 13.8. The lowest BCUT2D eigenvalue weighted by Gasteiger charge is -2.28. The first kappa shape index (κ1) is 13.3. The van der Waals surface area contributed by atoms with E-state index in [9.17, 15) is 5.11 Å². The van der Waals surface area contributed by atoms with Crippen LogP contribution in [0.1, 0.15) is 31.2 Å². The molecule has 0 spiro atoms. The Hall–Kier alpha value is -1.65. The molecule has 0 amide bonds. The minimum atomic E-state index is -0.196. The molecule has 2 atom stereocenters. The van der Waals surface area contributed by atoms with E-state index in [1.807, 2.05) is 29.1 Å². The van der Waals surface area contributed by atoms with Gasteiger partial charge < -0.3 is 10.4 Å². The van der Waals surface area contributed by atoms with Gasteiger partial charge in [-0.05, 0) is 36.6 Å². The number of aromatic nitrogens is 2. The van der Waals surface area contributed by atoms with Crippen LogP contribution >= 0.6 is 0 Å². The smallest absolute Gasteiger partial charge is 0.0693 e. The van der Waals surface area contributed by atoms with E-state index in [-0.39, 0.29) is 12.1 Å². The van der Waals surface area contributed by atoms with E-state index in [1.54, 1.807) is 6.20 Å². The molecule has 0 aliphatic heterocycles. The Balaban J connectivity index is 1.64. The molecule has 0 radical (unpaired) electrons. The van der Waals surface area contributed by atoms with Crippen LogP contribution in [0.2, 0.25) is 0 Å². The van der Waals surface area contributed by atoms with Gasteiger partial charge in [-0.3, -0.25) is 0 Å². The molecule has 4 heteroatoms. The number of hydrogen-bond acceptors (Lipinski definition) is 3. The molecule has 2 unspecified atom stereocenters. The second-order valence-corrected chi connectivity index (χ2v) is 5.46. The highest BCUT2D eigenvalue weighted by Crippen LogP contribution is 2.19. The molecule has 1 fully saturated rings. The molecule has 1 aliphatic carbocycles. The molecule has 4 nitrogen and oxygen atoms in total. The highest BCUT2D eigenvalue weighted by molar-refractivity contribution is 5.35. The number of benzene rings is 1. The van der Waals surface area contributed by atoms with Crippen molar-refractivity contribution < 1.29 is 5.11 Å². The standard InChI is InChI=1S/C16H21N3O/c20-16-8-2-1-7-15(16)17-12-13-5-3-6-14(11-13)19-10-4-9-18-19/h3-6,9-11,15-17,20H,1-2,7-8,12H2. The third-order valence-electron chi connectivity index (χ3n) is 3.98. The summed E-state index contributed by atoms with van der Waals surface area (Å²) in [7, 11) is 0. The predicted molar refractivity (Wildman–Crippen MR) is 78.7 cm³/mol. The van der Waals surface area contributed by atoms with Gasteiger partial charge in [0, 0.05) is 25.0 Å². The molecule has 20 heavy (non-hydrogen) atoms. The maximum atomic E-state index is 9.98. The van der Waals surface area contributed by atoms with Crippen LogP contribution in [0.4, 0.5) is 0 Å². The second-order valence-electron chi connectivity index (χ2n) is 5.46. The average molecular weight is 271 g/mol. The summed E-state index contributed by atoms with van der Waals surface area (Å²) in [6.07, 6.45) is 7.88. The van der Waals surface area contributed by atoms with Crippen LogP contribution in [0, 0.1) is 0 Å². The molecule has 0 bridgehead atoms. The highest BCUT2D eigenvalue weighted by atomic mass is 16.3. The van der Waals surface area contributed by atoms with Crippen molar-refractivity contribution in [1.82, 2.24) is 15.1 Å². The van der Waals surface area contributed by atoms with Gasteiger partial charge in [-0.15, -0.1) is 0 Å². The van der Waals surface area contributed by atoms with Crippen LogP contribution in [0.5, 0.6) is 0 Å². The van der Waals surface area contributed by atoms with Gasteiger partial charge in [0.1, 0.15) is 0 Å². The predicted octanol–water partition coefficient (Wildman–Crippen LogP) is 2.27. The van der Waals surface area contributed by atoms with Crippen molar-refractivity contribution >= 4 is 0 Å². The Morgan fingerprint density at radius 3 is 2.95 bits per heavy atom. The van der Waals surface area contributed by atoms with Crippen molar-refractivity contribution in [2.24, 2.45) is 0 Å². The third-order valence-corrected chi connectivity index (χ3v) is 3.98. The first-order valence-corrected chi connectivity index (χ1v) is 7.33. The van der Waals surface area contributed by atoms with Crippen LogP contribution in [-0.4, -0.2) is 27.0 Å². The van der Waals surface area contributed by atoms with Crippen molar-refractivity contribution in [2.75, 3.05) is 0 Å². The summed E-state index contributed by atoms with van der Waals surface area (Å²) in [5.74, 6) is 0. The number of aliphatic hydroxyl groups is 1. The lowest BCUT2D eigenvalue weighted by molar-refractivity contribution is 0.0902. The summed E-state index contributed by atoms with van der Waals surface area (Å²) < 4.78 is 1.86. The van der Waals surface area contributed by atoms with Crippen LogP contribution in [0.3, 0.4) is 0 Å². The maximum Gasteiger partial charge on any atom is 0.0693 e. The summed E-state index contributed by atoms with van der Waals surface area (Å²) in [5, 5.41) is 17.7. The van der Waals surface area contributed by atoms with E-state index in [0.29, 0.717) is 0 Å². The van der Waals surface area contributed by atoms with Gasteiger partial charge in [-0.1, -0.05) is 25.0 Å². The van der Waals surface area contributed by atoms with Gasteiger partial charge in [-0.2, -0.15) is 5.10 Å². The van der Waals surface area contributed by atoms with Crippen molar-refractivity contribution in [2.45, 2.75) is 44.4 Å². The molecule has 1 aliphatic rings. The van der Waals surface area contributed by atoms with Crippen LogP contribution in [-0.2, 0) is 6.54 Å². The number of aliphatic hydroxyl groups excluding tert-OH is 1. The number of rotatable bonds is 4. The fourth-order valence-electron chi connectivity index (χ4n) is 2.83. The number of hydrogen-bond donors (Lipinski definition) is 2. The van der Waals surface area contributed by atoms with Crippen molar-refractivity contribution in [3.8, 4) is 5.69 Å². The van der Waals surface area contributed by atoms with E-state index in [2.05, 4.69) is 22.5 Å². The second kappa shape index (κ2) is 6.20. The van der Waals surface area contributed by atoms with Crippen molar-refractivity contribution in [1.29, 1.82) is 0 Å². The van der Waals surface area contributed by atoms with Gasteiger partial charge in [0.25, 0.3) is 0 Å². The zero-order valence-corrected chi connectivity index (χ0v) is 11.6. The van der Waals surface area contributed by atoms with E-state index >= 15 is 0 Å². The average Bonchev–Trinajstić information content (AvgIpc) is 3.01. The van der Waals surface area contributed by atoms with Gasteiger partial charge >= 0.3 is 0 Å². The van der Waals surface area contributed by atoms with Gasteiger partial charge in [0.15, 0.2) is 0 Å². The Morgan fingerprint density at radius 1 is 1.25 bits per heavy atom. The maximum absolute atomic E-state index is 9.98. The van der Waals surface area contributed by atoms with E-state index in [1.165, 1.54) is 12.0 Å². The Labute approximate surface area is 119 Å². The largest absolute Gasteiger partial charge is 0.392 e. The minimum Gasteiger partial charge on any atom is -0.392 e.